The molecule has 0 aromatic rings. The van der Waals surface area contributed by atoms with E-state index < -0.39 is 17.7 Å². The Kier molecular flexibility index (Phi) is 8.75. The third-order valence-electron chi connectivity index (χ3n) is 3.07. The predicted octanol–water partition coefficient (Wildman–Crippen LogP) is 2.79. The molecule has 6 heteroatoms. The van der Waals surface area contributed by atoms with Crippen LogP contribution >= 0.6 is 0 Å². The predicted molar refractivity (Wildman–Crippen MR) is 83.5 cm³/mol. The lowest BCUT2D eigenvalue weighted by atomic mass is 9.92. The van der Waals surface area contributed by atoms with Crippen LogP contribution < -0.4 is 0 Å². The molecule has 1 amide bonds. The number of esters is 1. The number of ketones is 1. The molecule has 0 spiro atoms. The van der Waals surface area contributed by atoms with Crippen molar-refractivity contribution in [1.29, 1.82) is 0 Å². The van der Waals surface area contributed by atoms with Gasteiger partial charge in [0.1, 0.15) is 17.8 Å². The molecule has 1 heterocycles. The Morgan fingerprint density at radius 1 is 1.18 bits per heavy atom. The monoisotopic (exact) mass is 315 g/mol. The summed E-state index contributed by atoms with van der Waals surface area (Å²) in [5.41, 5.74) is -0.556. The maximum absolute atomic E-state index is 12.0. The maximum Gasteiger partial charge on any atom is 0.410 e. The van der Waals surface area contributed by atoms with Crippen LogP contribution in [0, 0.1) is 5.92 Å². The molecular weight excluding hydrogens is 286 g/mol. The molecule has 0 saturated carbocycles. The number of carbonyl (C=O) groups excluding carboxylic acids is 3. The van der Waals surface area contributed by atoms with E-state index in [1.54, 1.807) is 20.8 Å². The molecule has 0 aromatic carbocycles. The zero-order valence-electron chi connectivity index (χ0n) is 14.6. The minimum atomic E-state index is -0.556. The van der Waals surface area contributed by atoms with Gasteiger partial charge in [-0.3, -0.25) is 9.59 Å². The van der Waals surface area contributed by atoms with Gasteiger partial charge < -0.3 is 14.4 Å². The average molecular weight is 315 g/mol. The number of rotatable bonds is 3. The summed E-state index contributed by atoms with van der Waals surface area (Å²) >= 11 is 0. The van der Waals surface area contributed by atoms with E-state index in [0.717, 1.165) is 6.42 Å². The van der Waals surface area contributed by atoms with Gasteiger partial charge in [-0.1, -0.05) is 13.8 Å². The highest BCUT2D eigenvalue weighted by molar-refractivity contribution is 5.97. The second-order valence-electron chi connectivity index (χ2n) is 5.98. The number of likely N-dealkylation sites (tertiary alicyclic amines) is 1. The summed E-state index contributed by atoms with van der Waals surface area (Å²) in [5.74, 6) is -1.02. The van der Waals surface area contributed by atoms with E-state index in [9.17, 15) is 14.4 Å². The van der Waals surface area contributed by atoms with E-state index in [4.69, 9.17) is 4.74 Å². The van der Waals surface area contributed by atoms with Crippen molar-refractivity contribution in [3.05, 3.63) is 0 Å². The molecule has 0 aliphatic carbocycles. The van der Waals surface area contributed by atoms with Crippen LogP contribution in [0.4, 0.5) is 4.79 Å². The molecule has 1 saturated heterocycles. The summed E-state index contributed by atoms with van der Waals surface area (Å²) < 4.78 is 9.78. The summed E-state index contributed by atoms with van der Waals surface area (Å²) in [6.45, 7) is 10.3. The van der Waals surface area contributed by atoms with Crippen molar-refractivity contribution in [3.8, 4) is 0 Å². The fourth-order valence-corrected chi connectivity index (χ4v) is 2.09. The lowest BCUT2D eigenvalue weighted by Crippen LogP contribution is -2.44. The lowest BCUT2D eigenvalue weighted by Gasteiger charge is -2.33. The number of nitrogens with zero attached hydrogens (tertiary/aromatic N) is 1. The number of methoxy groups -OCH3 is 1. The van der Waals surface area contributed by atoms with E-state index in [2.05, 4.69) is 4.74 Å². The Morgan fingerprint density at radius 3 is 2.27 bits per heavy atom. The van der Waals surface area contributed by atoms with Gasteiger partial charge in [-0.05, 0) is 33.6 Å². The van der Waals surface area contributed by atoms with E-state index in [0.29, 0.717) is 19.5 Å². The van der Waals surface area contributed by atoms with Gasteiger partial charge >= 0.3 is 12.1 Å². The number of hydrogen-bond donors (Lipinski definition) is 0. The van der Waals surface area contributed by atoms with Crippen molar-refractivity contribution in [3.63, 3.8) is 0 Å². The van der Waals surface area contributed by atoms with Crippen molar-refractivity contribution in [1.82, 2.24) is 4.90 Å². The van der Waals surface area contributed by atoms with Crippen LogP contribution in [0.2, 0.25) is 0 Å². The van der Waals surface area contributed by atoms with Crippen LogP contribution in [0.5, 0.6) is 0 Å². The van der Waals surface area contributed by atoms with Gasteiger partial charge in [0.05, 0.1) is 7.11 Å². The molecule has 1 aliphatic heterocycles. The van der Waals surface area contributed by atoms with Crippen molar-refractivity contribution in [2.24, 2.45) is 5.92 Å². The first kappa shape index (κ1) is 20.4. The number of piperidine rings is 1. The molecule has 128 valence electrons. The van der Waals surface area contributed by atoms with Crippen LogP contribution in [-0.2, 0) is 19.1 Å². The first-order valence-corrected chi connectivity index (χ1v) is 7.80. The minimum Gasteiger partial charge on any atom is -0.469 e. The molecule has 1 fully saturated rings. The summed E-state index contributed by atoms with van der Waals surface area (Å²) in [6, 6.07) is 0. The smallest absolute Gasteiger partial charge is 0.410 e. The molecule has 22 heavy (non-hydrogen) atoms. The zero-order valence-corrected chi connectivity index (χ0v) is 14.6. The summed E-state index contributed by atoms with van der Waals surface area (Å²) in [5, 5.41) is 0. The fraction of sp³-hybridized carbons (Fsp3) is 0.812. The highest BCUT2D eigenvalue weighted by atomic mass is 16.6. The van der Waals surface area contributed by atoms with Crippen molar-refractivity contribution in [2.75, 3.05) is 20.2 Å². The van der Waals surface area contributed by atoms with Gasteiger partial charge in [-0.25, -0.2) is 4.79 Å². The highest BCUT2D eigenvalue weighted by Crippen LogP contribution is 2.21. The van der Waals surface area contributed by atoms with Gasteiger partial charge in [0.2, 0.25) is 0 Å². The molecule has 0 N–H and O–H groups in total. The number of amides is 1. The number of ether oxygens (including phenoxy) is 2. The fourth-order valence-electron chi connectivity index (χ4n) is 2.09. The first-order chi connectivity index (χ1) is 10.2. The van der Waals surface area contributed by atoms with Gasteiger partial charge in [-0.2, -0.15) is 0 Å². The topological polar surface area (TPSA) is 72.9 Å². The third kappa shape index (κ3) is 7.43. The number of carbonyl (C=O) groups is 3. The molecule has 1 rings (SSSR count). The molecule has 0 bridgehead atoms. The van der Waals surface area contributed by atoms with Crippen molar-refractivity contribution < 1.29 is 23.9 Å². The van der Waals surface area contributed by atoms with E-state index in [1.165, 1.54) is 12.0 Å². The van der Waals surface area contributed by atoms with Crippen LogP contribution in [0.25, 0.3) is 0 Å². The number of hydrogen-bond acceptors (Lipinski definition) is 5. The Bertz CT molecular complexity index is 386. The molecule has 6 nitrogen and oxygen atoms in total. The lowest BCUT2D eigenvalue weighted by molar-refractivity contribution is -0.144. The third-order valence-corrected chi connectivity index (χ3v) is 3.07. The van der Waals surface area contributed by atoms with Crippen LogP contribution in [0.3, 0.4) is 0 Å². The molecular formula is C16H29NO5. The normalized spacial score (nSPS) is 17.9. The largest absolute Gasteiger partial charge is 0.469 e. The minimum absolute atomic E-state index is 0.176. The highest BCUT2D eigenvalue weighted by Gasteiger charge is 2.31. The number of Topliss-reactive ketones (excluding diaryl/α,β-unsaturated/α-hetero) is 1. The van der Waals surface area contributed by atoms with Crippen molar-refractivity contribution in [2.45, 2.75) is 59.5 Å². The molecule has 0 radical (unpaired) electrons. The summed E-state index contributed by atoms with van der Waals surface area (Å²) in [4.78, 5) is 36.6. The summed E-state index contributed by atoms with van der Waals surface area (Å²) in [7, 11) is 1.25. The molecule has 1 aliphatic rings. The zero-order chi connectivity index (χ0) is 17.3. The maximum atomic E-state index is 12.0. The van der Waals surface area contributed by atoms with Crippen LogP contribution in [0.1, 0.15) is 53.9 Å². The van der Waals surface area contributed by atoms with Crippen molar-refractivity contribution >= 4 is 17.8 Å². The quantitative estimate of drug-likeness (QED) is 0.591. The summed E-state index contributed by atoms with van der Waals surface area (Å²) in [6.07, 6.45) is 0.781. The Labute approximate surface area is 133 Å². The molecule has 1 unspecified atom stereocenters. The Balaban J connectivity index is 0.00000211. The Hall–Kier alpha value is -1.59. The molecule has 1 atom stereocenters. The van der Waals surface area contributed by atoms with E-state index in [-0.39, 0.29) is 18.1 Å². The SMILES string of the molecule is CC.COC(=O)CC(=O)C1CCCN(C(=O)OC(C)(C)C)C1. The first-order valence-electron chi connectivity index (χ1n) is 7.80. The van der Waals surface area contributed by atoms with E-state index in [1.807, 2.05) is 13.8 Å². The standard InChI is InChI=1S/C14H23NO5.C2H6/c1-14(2,3)20-13(18)15-7-5-6-10(9-15)11(16)8-12(17)19-4;1-2/h10H,5-9H2,1-4H3;1-2H3. The van der Waals surface area contributed by atoms with Gasteiger partial charge in [0.15, 0.2) is 0 Å². The van der Waals surface area contributed by atoms with Crippen LogP contribution in [-0.4, -0.2) is 48.5 Å². The van der Waals surface area contributed by atoms with E-state index >= 15 is 0 Å². The Morgan fingerprint density at radius 2 is 1.77 bits per heavy atom. The van der Waals surface area contributed by atoms with Crippen LogP contribution in [0.15, 0.2) is 0 Å². The average Bonchev–Trinajstić information content (AvgIpc) is 2.47. The second kappa shape index (κ2) is 9.43. The van der Waals surface area contributed by atoms with Gasteiger partial charge in [0.25, 0.3) is 0 Å². The molecule has 0 aromatic heterocycles. The van der Waals surface area contributed by atoms with Gasteiger partial charge in [0, 0.05) is 19.0 Å². The van der Waals surface area contributed by atoms with Gasteiger partial charge in [-0.15, -0.1) is 0 Å². The second-order valence-corrected chi connectivity index (χ2v) is 5.98.